The number of hydrogen-bond donors (Lipinski definition) is 1. The highest BCUT2D eigenvalue weighted by molar-refractivity contribution is 7.99. The van der Waals surface area contributed by atoms with Crippen LogP contribution in [0.5, 0.6) is 0 Å². The van der Waals surface area contributed by atoms with Gasteiger partial charge in [-0.3, -0.25) is 4.79 Å². The first-order valence-corrected chi connectivity index (χ1v) is 11.2. The highest BCUT2D eigenvalue weighted by Crippen LogP contribution is 2.30. The lowest BCUT2D eigenvalue weighted by Crippen LogP contribution is -2.13. The van der Waals surface area contributed by atoms with Gasteiger partial charge in [-0.1, -0.05) is 67.0 Å². The number of carbonyl (C=O) groups excluding carboxylic acids is 1. The molecule has 0 bridgehead atoms. The molecule has 0 saturated heterocycles. The van der Waals surface area contributed by atoms with Crippen LogP contribution in [0.4, 0.5) is 10.1 Å². The number of aromatic nitrogens is 3. The molecule has 0 unspecified atom stereocenters. The SMILES string of the molecule is CC(C)Cn1c(SCCC(=O)Nc2c(Cl)cccc2Cl)nnc1-c1ccccc1F. The molecule has 158 valence electrons. The van der Waals surface area contributed by atoms with Crippen molar-refractivity contribution in [2.75, 3.05) is 11.1 Å². The van der Waals surface area contributed by atoms with Gasteiger partial charge in [0.15, 0.2) is 11.0 Å². The number of para-hydroxylation sites is 1. The van der Waals surface area contributed by atoms with Crippen LogP contribution in [0.2, 0.25) is 10.0 Å². The van der Waals surface area contributed by atoms with Crippen molar-refractivity contribution in [2.45, 2.75) is 32.0 Å². The highest BCUT2D eigenvalue weighted by Gasteiger charge is 2.18. The summed E-state index contributed by atoms with van der Waals surface area (Å²) in [4.78, 5) is 12.3. The molecule has 0 radical (unpaired) electrons. The molecule has 3 aromatic rings. The second-order valence-electron chi connectivity index (χ2n) is 7.03. The van der Waals surface area contributed by atoms with E-state index >= 15 is 0 Å². The van der Waals surface area contributed by atoms with E-state index in [0.717, 1.165) is 0 Å². The molecule has 9 heteroatoms. The molecule has 0 fully saturated rings. The van der Waals surface area contributed by atoms with Gasteiger partial charge < -0.3 is 9.88 Å². The summed E-state index contributed by atoms with van der Waals surface area (Å²) in [6.45, 7) is 4.78. The van der Waals surface area contributed by atoms with Gasteiger partial charge in [0.2, 0.25) is 5.91 Å². The van der Waals surface area contributed by atoms with Crippen molar-refractivity contribution < 1.29 is 9.18 Å². The Labute approximate surface area is 189 Å². The first-order valence-electron chi connectivity index (χ1n) is 9.41. The number of amides is 1. The number of halogens is 3. The summed E-state index contributed by atoms with van der Waals surface area (Å²) in [6, 6.07) is 11.5. The minimum absolute atomic E-state index is 0.207. The predicted molar refractivity (Wildman–Crippen MR) is 121 cm³/mol. The topological polar surface area (TPSA) is 59.8 Å². The average Bonchev–Trinajstić information content (AvgIpc) is 3.07. The van der Waals surface area contributed by atoms with E-state index in [1.807, 2.05) is 4.57 Å². The Hall–Kier alpha value is -2.09. The molecule has 3 rings (SSSR count). The number of nitrogens with one attached hydrogen (secondary N) is 1. The number of hydrogen-bond acceptors (Lipinski definition) is 4. The quantitative estimate of drug-likeness (QED) is 0.403. The van der Waals surface area contributed by atoms with E-state index in [1.54, 1.807) is 36.4 Å². The Morgan fingerprint density at radius 1 is 1.13 bits per heavy atom. The molecule has 1 heterocycles. The first-order chi connectivity index (χ1) is 14.4. The molecule has 0 spiro atoms. The smallest absolute Gasteiger partial charge is 0.225 e. The summed E-state index contributed by atoms with van der Waals surface area (Å²) in [5, 5.41) is 12.6. The fourth-order valence-corrected chi connectivity index (χ4v) is 4.20. The van der Waals surface area contributed by atoms with Gasteiger partial charge in [0.05, 0.1) is 21.3 Å². The van der Waals surface area contributed by atoms with Crippen LogP contribution in [-0.4, -0.2) is 26.4 Å². The summed E-state index contributed by atoms with van der Waals surface area (Å²) in [5.74, 6) is 0.721. The van der Waals surface area contributed by atoms with Crippen LogP contribution >= 0.6 is 35.0 Å². The van der Waals surface area contributed by atoms with Crippen LogP contribution in [-0.2, 0) is 11.3 Å². The Kier molecular flexibility index (Phi) is 7.75. The van der Waals surface area contributed by atoms with Crippen LogP contribution in [0.15, 0.2) is 47.6 Å². The van der Waals surface area contributed by atoms with Crippen LogP contribution < -0.4 is 5.32 Å². The Morgan fingerprint density at radius 3 is 2.50 bits per heavy atom. The van der Waals surface area contributed by atoms with Crippen molar-refractivity contribution in [3.05, 3.63) is 58.3 Å². The zero-order valence-electron chi connectivity index (χ0n) is 16.5. The van der Waals surface area contributed by atoms with Gasteiger partial charge in [-0.2, -0.15) is 0 Å². The normalized spacial score (nSPS) is 11.1. The maximum atomic E-state index is 14.3. The first kappa shape index (κ1) is 22.6. The second-order valence-corrected chi connectivity index (χ2v) is 8.91. The molecule has 2 aromatic carbocycles. The Balaban J connectivity index is 1.69. The minimum Gasteiger partial charge on any atom is -0.324 e. The third-order valence-electron chi connectivity index (χ3n) is 4.17. The van der Waals surface area contributed by atoms with Crippen LogP contribution in [0.1, 0.15) is 20.3 Å². The van der Waals surface area contributed by atoms with Crippen molar-refractivity contribution >= 4 is 46.6 Å². The van der Waals surface area contributed by atoms with E-state index in [2.05, 4.69) is 29.4 Å². The molecular formula is C21H21Cl2FN4OS. The van der Waals surface area contributed by atoms with E-state index in [-0.39, 0.29) is 18.1 Å². The minimum atomic E-state index is -0.345. The largest absolute Gasteiger partial charge is 0.324 e. The lowest BCUT2D eigenvalue weighted by atomic mass is 10.2. The van der Waals surface area contributed by atoms with Crippen molar-refractivity contribution in [1.29, 1.82) is 0 Å². The molecule has 1 aromatic heterocycles. The fourth-order valence-electron chi connectivity index (χ4n) is 2.82. The van der Waals surface area contributed by atoms with Gasteiger partial charge in [-0.05, 0) is 30.2 Å². The van der Waals surface area contributed by atoms with Crippen molar-refractivity contribution in [3.63, 3.8) is 0 Å². The molecule has 0 saturated carbocycles. The zero-order valence-corrected chi connectivity index (χ0v) is 18.9. The average molecular weight is 467 g/mol. The maximum Gasteiger partial charge on any atom is 0.225 e. The second kappa shape index (κ2) is 10.3. The predicted octanol–water partition coefficient (Wildman–Crippen LogP) is 6.17. The van der Waals surface area contributed by atoms with E-state index in [1.165, 1.54) is 17.8 Å². The monoisotopic (exact) mass is 466 g/mol. The number of nitrogens with zero attached hydrogens (tertiary/aromatic N) is 3. The standard InChI is InChI=1S/C21H21Cl2FN4OS/c1-13(2)12-28-20(14-6-3-4-9-17(14)24)26-27-21(28)30-11-10-18(29)25-19-15(22)7-5-8-16(19)23/h3-9,13H,10-12H2,1-2H3,(H,25,29). The van der Waals surface area contributed by atoms with E-state index < -0.39 is 0 Å². The van der Waals surface area contributed by atoms with Crippen LogP contribution in [0, 0.1) is 11.7 Å². The number of anilines is 1. The molecule has 0 aliphatic carbocycles. The van der Waals surface area contributed by atoms with E-state index in [4.69, 9.17) is 23.2 Å². The molecule has 1 N–H and O–H groups in total. The Bertz CT molecular complexity index is 1020. The van der Waals surface area contributed by atoms with Gasteiger partial charge in [-0.25, -0.2) is 4.39 Å². The third-order valence-corrected chi connectivity index (χ3v) is 5.77. The maximum absolute atomic E-state index is 14.3. The van der Waals surface area contributed by atoms with Crippen LogP contribution in [0.3, 0.4) is 0 Å². The van der Waals surface area contributed by atoms with Crippen molar-refractivity contribution in [1.82, 2.24) is 14.8 Å². The number of benzene rings is 2. The molecule has 30 heavy (non-hydrogen) atoms. The molecule has 1 amide bonds. The lowest BCUT2D eigenvalue weighted by molar-refractivity contribution is -0.115. The number of carbonyl (C=O) groups is 1. The summed E-state index contributed by atoms with van der Waals surface area (Å²) in [5.41, 5.74) is 0.809. The molecular weight excluding hydrogens is 446 g/mol. The number of thioether (sulfide) groups is 1. The summed E-state index contributed by atoms with van der Waals surface area (Å²) in [7, 11) is 0. The van der Waals surface area contributed by atoms with Gasteiger partial charge in [0, 0.05) is 18.7 Å². The van der Waals surface area contributed by atoms with Crippen molar-refractivity contribution in [2.24, 2.45) is 5.92 Å². The van der Waals surface area contributed by atoms with E-state index in [0.29, 0.717) is 50.5 Å². The van der Waals surface area contributed by atoms with E-state index in [9.17, 15) is 9.18 Å². The van der Waals surface area contributed by atoms with Gasteiger partial charge in [0.25, 0.3) is 0 Å². The zero-order chi connectivity index (χ0) is 21.7. The fraction of sp³-hybridized carbons (Fsp3) is 0.286. The van der Waals surface area contributed by atoms with Crippen LogP contribution in [0.25, 0.3) is 11.4 Å². The highest BCUT2D eigenvalue weighted by atomic mass is 35.5. The summed E-state index contributed by atoms with van der Waals surface area (Å²) in [6.07, 6.45) is 0.232. The van der Waals surface area contributed by atoms with Gasteiger partial charge in [0.1, 0.15) is 5.82 Å². The molecule has 0 atom stereocenters. The third kappa shape index (κ3) is 5.53. The summed E-state index contributed by atoms with van der Waals surface area (Å²) < 4.78 is 16.2. The molecule has 0 aliphatic heterocycles. The molecule has 5 nitrogen and oxygen atoms in total. The van der Waals surface area contributed by atoms with Crippen molar-refractivity contribution in [3.8, 4) is 11.4 Å². The lowest BCUT2D eigenvalue weighted by Gasteiger charge is -2.13. The number of rotatable bonds is 8. The summed E-state index contributed by atoms with van der Waals surface area (Å²) >= 11 is 13.6. The van der Waals surface area contributed by atoms with Gasteiger partial charge >= 0.3 is 0 Å². The Morgan fingerprint density at radius 2 is 1.83 bits per heavy atom. The molecule has 0 aliphatic rings. The van der Waals surface area contributed by atoms with Gasteiger partial charge in [-0.15, -0.1) is 10.2 Å².